The Hall–Kier alpha value is -3.52. The molecule has 0 unspecified atom stereocenters. The zero-order valence-corrected chi connectivity index (χ0v) is 17.3. The number of aromatic carboxylic acids is 1. The highest BCUT2D eigenvalue weighted by Crippen LogP contribution is 2.36. The van der Waals surface area contributed by atoms with Crippen LogP contribution in [0.15, 0.2) is 59.0 Å². The minimum absolute atomic E-state index is 0.0501. The summed E-state index contributed by atoms with van der Waals surface area (Å²) in [5, 5.41) is 19.7. The van der Waals surface area contributed by atoms with Crippen LogP contribution >= 0.6 is 11.8 Å². The van der Waals surface area contributed by atoms with E-state index in [9.17, 15) is 14.7 Å². The maximum absolute atomic E-state index is 12.7. The molecule has 0 aromatic heterocycles. The van der Waals surface area contributed by atoms with Crippen LogP contribution in [0.5, 0.6) is 11.5 Å². The Labute approximate surface area is 178 Å². The fraction of sp³-hybridized carbons (Fsp3) is 0.136. The first-order chi connectivity index (χ1) is 14.3. The largest absolute Gasteiger partial charge is 0.504 e. The molecular formula is C22H20N2O5S. The van der Waals surface area contributed by atoms with Crippen molar-refractivity contribution in [2.75, 3.05) is 14.2 Å². The lowest BCUT2D eigenvalue weighted by atomic mass is 10.1. The Morgan fingerprint density at radius 2 is 2.00 bits per heavy atom. The zero-order valence-electron chi connectivity index (χ0n) is 16.5. The fourth-order valence-electron chi connectivity index (χ4n) is 2.83. The van der Waals surface area contributed by atoms with Crippen molar-refractivity contribution in [3.05, 3.63) is 70.6 Å². The third-order valence-corrected chi connectivity index (χ3v) is 5.46. The SMILES string of the molecule is C=CCc1cc(/C=C2\SC(=Nc3ccc(C(=O)O)cc3)N(C)C2=O)cc(OC)c1O. The molecular weight excluding hydrogens is 404 g/mol. The predicted molar refractivity (Wildman–Crippen MR) is 117 cm³/mol. The van der Waals surface area contributed by atoms with Gasteiger partial charge in [-0.3, -0.25) is 9.69 Å². The van der Waals surface area contributed by atoms with Crippen molar-refractivity contribution >= 4 is 40.6 Å². The summed E-state index contributed by atoms with van der Waals surface area (Å²) in [6.45, 7) is 3.69. The van der Waals surface area contributed by atoms with Gasteiger partial charge in [0, 0.05) is 12.6 Å². The minimum atomic E-state index is -1.01. The topological polar surface area (TPSA) is 99.4 Å². The highest BCUT2D eigenvalue weighted by molar-refractivity contribution is 8.18. The number of likely N-dealkylation sites (N-methyl/N-ethyl adjacent to an activating group) is 1. The lowest BCUT2D eigenvalue weighted by Gasteiger charge is -2.09. The number of phenolic OH excluding ortho intramolecular Hbond substituents is 1. The van der Waals surface area contributed by atoms with Gasteiger partial charge in [-0.1, -0.05) is 6.08 Å². The van der Waals surface area contributed by atoms with Crippen LogP contribution in [0.1, 0.15) is 21.5 Å². The number of phenols is 1. The number of rotatable bonds is 6. The molecule has 1 fully saturated rings. The smallest absolute Gasteiger partial charge is 0.335 e. The highest BCUT2D eigenvalue weighted by atomic mass is 32.2. The van der Waals surface area contributed by atoms with E-state index in [2.05, 4.69) is 11.6 Å². The molecule has 0 saturated carbocycles. The molecule has 1 heterocycles. The first kappa shape index (κ1) is 21.2. The van der Waals surface area contributed by atoms with Crippen molar-refractivity contribution in [2.45, 2.75) is 6.42 Å². The number of allylic oxidation sites excluding steroid dienone is 1. The second kappa shape index (κ2) is 8.87. The van der Waals surface area contributed by atoms with Gasteiger partial charge in [0.1, 0.15) is 0 Å². The quantitative estimate of drug-likeness (QED) is 0.536. The van der Waals surface area contributed by atoms with E-state index in [1.807, 2.05) is 0 Å². The van der Waals surface area contributed by atoms with Crippen molar-refractivity contribution in [1.82, 2.24) is 4.90 Å². The van der Waals surface area contributed by atoms with Gasteiger partial charge >= 0.3 is 5.97 Å². The number of ether oxygens (including phenoxy) is 1. The maximum atomic E-state index is 12.7. The van der Waals surface area contributed by atoms with E-state index in [0.717, 1.165) is 0 Å². The van der Waals surface area contributed by atoms with E-state index >= 15 is 0 Å². The summed E-state index contributed by atoms with van der Waals surface area (Å²) in [7, 11) is 3.09. The van der Waals surface area contributed by atoms with Crippen LogP contribution < -0.4 is 4.74 Å². The Morgan fingerprint density at radius 1 is 1.30 bits per heavy atom. The Bertz CT molecular complexity index is 1070. The number of amidine groups is 1. The van der Waals surface area contributed by atoms with Gasteiger partial charge in [0.25, 0.3) is 5.91 Å². The van der Waals surface area contributed by atoms with Crippen molar-refractivity contribution < 1.29 is 24.5 Å². The van der Waals surface area contributed by atoms with Gasteiger partial charge in [0.15, 0.2) is 16.7 Å². The van der Waals surface area contributed by atoms with Crippen LogP contribution in [0.2, 0.25) is 0 Å². The molecule has 1 aliphatic heterocycles. The lowest BCUT2D eigenvalue weighted by Crippen LogP contribution is -2.23. The Balaban J connectivity index is 1.92. The maximum Gasteiger partial charge on any atom is 0.335 e. The normalized spacial score (nSPS) is 16.3. The second-order valence-corrected chi connectivity index (χ2v) is 7.45. The lowest BCUT2D eigenvalue weighted by molar-refractivity contribution is -0.121. The second-order valence-electron chi connectivity index (χ2n) is 6.44. The van der Waals surface area contributed by atoms with Gasteiger partial charge in [-0.05, 0) is 66.2 Å². The molecule has 0 atom stereocenters. The molecule has 3 rings (SSSR count). The first-order valence-corrected chi connectivity index (χ1v) is 9.76. The number of thioether (sulfide) groups is 1. The number of carboxylic acid groups (broad SMARTS) is 1. The molecule has 8 heteroatoms. The number of hydrogen-bond acceptors (Lipinski definition) is 6. The summed E-state index contributed by atoms with van der Waals surface area (Å²) in [5.74, 6) is -0.855. The standard InChI is InChI=1S/C22H20N2O5S/c1-4-5-15-10-13(11-17(29-3)19(15)25)12-18-20(26)24(2)22(30-18)23-16-8-6-14(7-9-16)21(27)28/h4,6-12,25H,1,5H2,2-3H3,(H,27,28)/b18-12-,23-22?. The third-order valence-electron chi connectivity index (χ3n) is 4.40. The number of hydrogen-bond donors (Lipinski definition) is 2. The molecule has 1 amide bonds. The van der Waals surface area contributed by atoms with Crippen LogP contribution in [0.25, 0.3) is 6.08 Å². The van der Waals surface area contributed by atoms with Gasteiger partial charge < -0.3 is 14.9 Å². The number of carbonyl (C=O) groups is 2. The number of nitrogens with zero attached hydrogens (tertiary/aromatic N) is 2. The van der Waals surface area contributed by atoms with Crippen LogP contribution in [-0.2, 0) is 11.2 Å². The summed E-state index contributed by atoms with van der Waals surface area (Å²) in [6, 6.07) is 9.53. The molecule has 0 bridgehead atoms. The predicted octanol–water partition coefficient (Wildman–Crippen LogP) is 4.06. The van der Waals surface area contributed by atoms with Crippen LogP contribution in [-0.4, -0.2) is 46.3 Å². The number of carbonyl (C=O) groups excluding carboxylic acids is 1. The Kier molecular flexibility index (Phi) is 6.27. The number of methoxy groups -OCH3 is 1. The summed E-state index contributed by atoms with van der Waals surface area (Å²) in [6.07, 6.45) is 3.85. The molecule has 2 aromatic carbocycles. The van der Waals surface area contributed by atoms with Gasteiger partial charge in [-0.2, -0.15) is 0 Å². The summed E-state index contributed by atoms with van der Waals surface area (Å²) in [5.41, 5.74) is 2.06. The van der Waals surface area contributed by atoms with Crippen molar-refractivity contribution in [3.63, 3.8) is 0 Å². The number of carboxylic acids is 1. The van der Waals surface area contributed by atoms with E-state index in [0.29, 0.717) is 39.1 Å². The molecule has 30 heavy (non-hydrogen) atoms. The number of amides is 1. The van der Waals surface area contributed by atoms with Crippen LogP contribution in [0.3, 0.4) is 0 Å². The molecule has 7 nitrogen and oxygen atoms in total. The van der Waals surface area contributed by atoms with E-state index in [4.69, 9.17) is 9.84 Å². The van der Waals surface area contributed by atoms with Crippen molar-refractivity contribution in [3.8, 4) is 11.5 Å². The first-order valence-electron chi connectivity index (χ1n) is 8.94. The molecule has 0 spiro atoms. The summed E-state index contributed by atoms with van der Waals surface area (Å²) >= 11 is 1.21. The summed E-state index contributed by atoms with van der Waals surface area (Å²) < 4.78 is 5.23. The van der Waals surface area contributed by atoms with Crippen LogP contribution in [0.4, 0.5) is 5.69 Å². The van der Waals surface area contributed by atoms with E-state index < -0.39 is 5.97 Å². The third kappa shape index (κ3) is 4.38. The van der Waals surface area contributed by atoms with E-state index in [1.54, 1.807) is 43.5 Å². The Morgan fingerprint density at radius 3 is 2.60 bits per heavy atom. The number of aliphatic imine (C=N–C) groups is 1. The average molecular weight is 424 g/mol. The van der Waals surface area contributed by atoms with E-state index in [-0.39, 0.29) is 17.2 Å². The van der Waals surface area contributed by atoms with Gasteiger partial charge in [-0.15, -0.1) is 6.58 Å². The molecule has 1 saturated heterocycles. The average Bonchev–Trinajstić information content (AvgIpc) is 2.98. The number of aromatic hydroxyl groups is 1. The number of benzene rings is 2. The fourth-order valence-corrected chi connectivity index (χ4v) is 3.82. The summed E-state index contributed by atoms with van der Waals surface area (Å²) in [4.78, 5) is 30.0. The van der Waals surface area contributed by atoms with Gasteiger partial charge in [0.2, 0.25) is 0 Å². The molecule has 1 aliphatic rings. The molecule has 154 valence electrons. The van der Waals surface area contributed by atoms with Gasteiger partial charge in [-0.25, -0.2) is 9.79 Å². The molecule has 0 aliphatic carbocycles. The highest BCUT2D eigenvalue weighted by Gasteiger charge is 2.30. The monoisotopic (exact) mass is 424 g/mol. The molecule has 0 radical (unpaired) electrons. The van der Waals surface area contributed by atoms with E-state index in [1.165, 1.54) is 35.9 Å². The van der Waals surface area contributed by atoms with Crippen LogP contribution in [0, 0.1) is 0 Å². The van der Waals surface area contributed by atoms with Gasteiger partial charge in [0.05, 0.1) is 23.3 Å². The van der Waals surface area contributed by atoms with Crippen molar-refractivity contribution in [1.29, 1.82) is 0 Å². The zero-order chi connectivity index (χ0) is 21.8. The molecule has 2 aromatic rings. The minimum Gasteiger partial charge on any atom is -0.504 e. The molecule has 2 N–H and O–H groups in total. The van der Waals surface area contributed by atoms with Crippen molar-refractivity contribution in [2.24, 2.45) is 4.99 Å².